The summed E-state index contributed by atoms with van der Waals surface area (Å²) in [4.78, 5) is 7.24. The van der Waals surface area contributed by atoms with Crippen LogP contribution in [0.25, 0.3) is 0 Å². The highest BCUT2D eigenvalue weighted by atomic mass is 15.2. The van der Waals surface area contributed by atoms with Crippen molar-refractivity contribution >= 4 is 5.82 Å². The zero-order valence-electron chi connectivity index (χ0n) is 12.6. The Bertz CT molecular complexity index is 403. The second-order valence-electron chi connectivity index (χ2n) is 5.58. The Hall–Kier alpha value is -1.09. The van der Waals surface area contributed by atoms with E-state index in [1.54, 1.807) is 0 Å². The molecule has 1 aromatic rings. The molecule has 1 N–H and O–H groups in total. The summed E-state index contributed by atoms with van der Waals surface area (Å²) in [5, 5.41) is 3.36. The van der Waals surface area contributed by atoms with Gasteiger partial charge in [0.2, 0.25) is 0 Å². The minimum atomic E-state index is 0.869. The van der Waals surface area contributed by atoms with Gasteiger partial charge in [-0.15, -0.1) is 0 Å². The number of rotatable bonds is 6. The van der Waals surface area contributed by atoms with Crippen LogP contribution in [0.3, 0.4) is 0 Å². The standard InChI is InChI=1S/C16H27N3/c1-4-6-14-9-10-19(12-14)16-8-7-15(11-17-5-2)13(3)18-16/h7-8,14,17H,4-6,9-12H2,1-3H3. The average molecular weight is 261 g/mol. The first-order valence-electron chi connectivity index (χ1n) is 7.66. The van der Waals surface area contributed by atoms with Gasteiger partial charge in [-0.2, -0.15) is 0 Å². The molecule has 3 nitrogen and oxygen atoms in total. The molecule has 0 radical (unpaired) electrons. The van der Waals surface area contributed by atoms with Crippen LogP contribution < -0.4 is 10.2 Å². The monoisotopic (exact) mass is 261 g/mol. The summed E-state index contributed by atoms with van der Waals surface area (Å²) in [7, 11) is 0. The number of hydrogen-bond donors (Lipinski definition) is 1. The third-order valence-corrected chi connectivity index (χ3v) is 4.05. The lowest BCUT2D eigenvalue weighted by molar-refractivity contribution is 0.529. The molecule has 1 saturated heterocycles. The van der Waals surface area contributed by atoms with Gasteiger partial charge in [0.05, 0.1) is 0 Å². The summed E-state index contributed by atoms with van der Waals surface area (Å²) in [6, 6.07) is 4.42. The van der Waals surface area contributed by atoms with Crippen LogP contribution in [-0.2, 0) is 6.54 Å². The molecule has 1 fully saturated rings. The Labute approximate surface area is 117 Å². The Balaban J connectivity index is 2.00. The van der Waals surface area contributed by atoms with Gasteiger partial charge in [-0.1, -0.05) is 26.3 Å². The van der Waals surface area contributed by atoms with Crippen molar-refractivity contribution in [2.24, 2.45) is 5.92 Å². The summed E-state index contributed by atoms with van der Waals surface area (Å²) < 4.78 is 0. The van der Waals surface area contributed by atoms with E-state index in [-0.39, 0.29) is 0 Å². The summed E-state index contributed by atoms with van der Waals surface area (Å²) in [5.41, 5.74) is 2.48. The molecule has 1 aliphatic heterocycles. The van der Waals surface area contributed by atoms with Crippen molar-refractivity contribution in [2.75, 3.05) is 24.5 Å². The Morgan fingerprint density at radius 1 is 1.37 bits per heavy atom. The van der Waals surface area contributed by atoms with Crippen LogP contribution in [0.4, 0.5) is 5.82 Å². The summed E-state index contributed by atoms with van der Waals surface area (Å²) in [5.74, 6) is 2.03. The van der Waals surface area contributed by atoms with Gasteiger partial charge < -0.3 is 10.2 Å². The van der Waals surface area contributed by atoms with Crippen LogP contribution in [0, 0.1) is 12.8 Å². The fraction of sp³-hybridized carbons (Fsp3) is 0.688. The zero-order chi connectivity index (χ0) is 13.7. The molecule has 0 saturated carbocycles. The number of aromatic nitrogens is 1. The fourth-order valence-electron chi connectivity index (χ4n) is 2.88. The molecule has 0 spiro atoms. The van der Waals surface area contributed by atoms with E-state index in [1.807, 2.05) is 0 Å². The number of anilines is 1. The molecule has 1 aromatic heterocycles. The van der Waals surface area contributed by atoms with E-state index in [0.717, 1.165) is 30.5 Å². The molecule has 0 aromatic carbocycles. The molecule has 1 unspecified atom stereocenters. The maximum absolute atomic E-state index is 4.79. The molecule has 1 aliphatic rings. The quantitative estimate of drug-likeness (QED) is 0.853. The van der Waals surface area contributed by atoms with Gasteiger partial charge in [0, 0.05) is 25.3 Å². The van der Waals surface area contributed by atoms with Crippen molar-refractivity contribution < 1.29 is 0 Å². The van der Waals surface area contributed by atoms with Crippen LogP contribution in [0.15, 0.2) is 12.1 Å². The molecular weight excluding hydrogens is 234 g/mol. The van der Waals surface area contributed by atoms with E-state index >= 15 is 0 Å². The van der Waals surface area contributed by atoms with Crippen LogP contribution in [-0.4, -0.2) is 24.6 Å². The highest BCUT2D eigenvalue weighted by Gasteiger charge is 2.22. The molecule has 2 rings (SSSR count). The summed E-state index contributed by atoms with van der Waals surface area (Å²) in [6.07, 6.45) is 3.98. The maximum atomic E-state index is 4.79. The topological polar surface area (TPSA) is 28.2 Å². The minimum absolute atomic E-state index is 0.869. The zero-order valence-corrected chi connectivity index (χ0v) is 12.6. The lowest BCUT2D eigenvalue weighted by Crippen LogP contribution is -2.21. The highest BCUT2D eigenvalue weighted by molar-refractivity contribution is 5.42. The number of pyridine rings is 1. The van der Waals surface area contributed by atoms with Crippen molar-refractivity contribution in [2.45, 2.75) is 46.6 Å². The molecule has 0 bridgehead atoms. The normalized spacial score (nSPS) is 19.1. The van der Waals surface area contributed by atoms with Gasteiger partial charge in [0.15, 0.2) is 0 Å². The van der Waals surface area contributed by atoms with Gasteiger partial charge >= 0.3 is 0 Å². The second-order valence-corrected chi connectivity index (χ2v) is 5.58. The fourth-order valence-corrected chi connectivity index (χ4v) is 2.88. The largest absolute Gasteiger partial charge is 0.356 e. The number of hydrogen-bond acceptors (Lipinski definition) is 3. The van der Waals surface area contributed by atoms with Gasteiger partial charge in [-0.25, -0.2) is 4.98 Å². The molecule has 106 valence electrons. The SMILES string of the molecule is CCCC1CCN(c2ccc(CNCC)c(C)n2)C1. The Morgan fingerprint density at radius 2 is 2.21 bits per heavy atom. The molecule has 1 atom stereocenters. The van der Waals surface area contributed by atoms with E-state index in [0.29, 0.717) is 0 Å². The van der Waals surface area contributed by atoms with Crippen LogP contribution >= 0.6 is 0 Å². The van der Waals surface area contributed by atoms with E-state index < -0.39 is 0 Å². The average Bonchev–Trinajstić information content (AvgIpc) is 2.86. The number of aryl methyl sites for hydroxylation is 1. The van der Waals surface area contributed by atoms with Crippen molar-refractivity contribution in [3.05, 3.63) is 23.4 Å². The number of nitrogens with zero attached hydrogens (tertiary/aromatic N) is 2. The van der Waals surface area contributed by atoms with Crippen molar-refractivity contribution in [1.29, 1.82) is 0 Å². The second kappa shape index (κ2) is 6.90. The van der Waals surface area contributed by atoms with Gasteiger partial charge in [0.1, 0.15) is 5.82 Å². The summed E-state index contributed by atoms with van der Waals surface area (Å²) in [6.45, 7) is 10.8. The van der Waals surface area contributed by atoms with E-state index in [9.17, 15) is 0 Å². The predicted octanol–water partition coefficient (Wildman–Crippen LogP) is 3.13. The first-order chi connectivity index (χ1) is 9.24. The first kappa shape index (κ1) is 14.3. The van der Waals surface area contributed by atoms with E-state index in [4.69, 9.17) is 4.98 Å². The molecule has 0 aliphatic carbocycles. The number of nitrogens with one attached hydrogen (secondary N) is 1. The van der Waals surface area contributed by atoms with Crippen LogP contribution in [0.2, 0.25) is 0 Å². The molecule has 3 heteroatoms. The summed E-state index contributed by atoms with van der Waals surface area (Å²) >= 11 is 0. The molecular formula is C16H27N3. The smallest absolute Gasteiger partial charge is 0.128 e. The minimum Gasteiger partial charge on any atom is -0.356 e. The first-order valence-corrected chi connectivity index (χ1v) is 7.66. The van der Waals surface area contributed by atoms with Gasteiger partial charge in [-0.3, -0.25) is 0 Å². The van der Waals surface area contributed by atoms with E-state index in [2.05, 4.69) is 43.1 Å². The maximum Gasteiger partial charge on any atom is 0.128 e. The third kappa shape index (κ3) is 3.69. The predicted molar refractivity (Wildman–Crippen MR) is 81.6 cm³/mol. The lowest BCUT2D eigenvalue weighted by atomic mass is 10.0. The lowest BCUT2D eigenvalue weighted by Gasteiger charge is -2.19. The Kier molecular flexibility index (Phi) is 5.20. The molecule has 0 amide bonds. The molecule has 19 heavy (non-hydrogen) atoms. The van der Waals surface area contributed by atoms with Crippen molar-refractivity contribution in [1.82, 2.24) is 10.3 Å². The van der Waals surface area contributed by atoms with Crippen molar-refractivity contribution in [3.8, 4) is 0 Å². The Morgan fingerprint density at radius 3 is 2.89 bits per heavy atom. The van der Waals surface area contributed by atoms with Gasteiger partial charge in [0.25, 0.3) is 0 Å². The third-order valence-electron chi connectivity index (χ3n) is 4.05. The highest BCUT2D eigenvalue weighted by Crippen LogP contribution is 2.25. The van der Waals surface area contributed by atoms with Crippen LogP contribution in [0.1, 0.15) is 44.4 Å². The van der Waals surface area contributed by atoms with Crippen molar-refractivity contribution in [3.63, 3.8) is 0 Å². The van der Waals surface area contributed by atoms with Crippen LogP contribution in [0.5, 0.6) is 0 Å². The van der Waals surface area contributed by atoms with Gasteiger partial charge in [-0.05, 0) is 43.9 Å². The molecule has 2 heterocycles. The van der Waals surface area contributed by atoms with E-state index in [1.165, 1.54) is 37.9 Å².